The van der Waals surface area contributed by atoms with Gasteiger partial charge in [-0.1, -0.05) is 23.4 Å². The summed E-state index contributed by atoms with van der Waals surface area (Å²) in [6.07, 6.45) is 1.56. The number of halogens is 1. The van der Waals surface area contributed by atoms with Crippen molar-refractivity contribution in [2.24, 2.45) is 7.05 Å². The maximum absolute atomic E-state index is 11.3. The van der Waals surface area contributed by atoms with Crippen LogP contribution in [-0.4, -0.2) is 30.6 Å². The molecule has 2 aromatic heterocycles. The predicted molar refractivity (Wildman–Crippen MR) is 76.2 cm³/mol. The molecule has 0 unspecified atom stereocenters. The van der Waals surface area contributed by atoms with Crippen molar-refractivity contribution in [1.29, 1.82) is 0 Å². The molecule has 0 aliphatic rings. The Labute approximate surface area is 125 Å². The Kier molecular flexibility index (Phi) is 4.29. The van der Waals surface area contributed by atoms with Gasteiger partial charge in [0, 0.05) is 7.05 Å². The Balaban J connectivity index is 2.29. The van der Waals surface area contributed by atoms with Crippen molar-refractivity contribution in [2.45, 2.75) is 24.6 Å². The van der Waals surface area contributed by atoms with Gasteiger partial charge >= 0.3 is 5.97 Å². The van der Waals surface area contributed by atoms with E-state index < -0.39 is 5.97 Å². The molecular formula is C12H13ClN4O2S. The molecular weight excluding hydrogens is 300 g/mol. The first-order valence-corrected chi connectivity index (χ1v) is 7.14. The monoisotopic (exact) mass is 312 g/mol. The average molecular weight is 313 g/mol. The van der Waals surface area contributed by atoms with Crippen molar-refractivity contribution in [1.82, 2.24) is 19.5 Å². The molecule has 106 valence electrons. The van der Waals surface area contributed by atoms with Crippen LogP contribution >= 0.6 is 23.4 Å². The third-order valence-corrected chi connectivity index (χ3v) is 4.07. The van der Waals surface area contributed by atoms with Crippen LogP contribution in [0.4, 0.5) is 0 Å². The van der Waals surface area contributed by atoms with E-state index in [0.717, 1.165) is 5.82 Å². The summed E-state index contributed by atoms with van der Waals surface area (Å²) in [6.45, 7) is 3.40. The van der Waals surface area contributed by atoms with Gasteiger partial charge in [-0.3, -0.25) is 0 Å². The van der Waals surface area contributed by atoms with E-state index in [1.807, 2.05) is 0 Å². The summed E-state index contributed by atoms with van der Waals surface area (Å²) in [4.78, 5) is 23.8. The third kappa shape index (κ3) is 2.94. The number of thioether (sulfide) groups is 1. The molecule has 2 rings (SSSR count). The van der Waals surface area contributed by atoms with Crippen LogP contribution in [0.3, 0.4) is 0 Å². The Bertz CT molecular complexity index is 672. The van der Waals surface area contributed by atoms with Gasteiger partial charge < -0.3 is 9.67 Å². The Morgan fingerprint density at radius 1 is 1.45 bits per heavy atom. The smallest absolute Gasteiger partial charge is 0.340 e. The van der Waals surface area contributed by atoms with Crippen LogP contribution in [-0.2, 0) is 12.8 Å². The molecule has 0 radical (unpaired) electrons. The number of aryl methyl sites for hydroxylation is 2. The molecule has 0 aliphatic heterocycles. The van der Waals surface area contributed by atoms with Gasteiger partial charge in [0.05, 0.1) is 17.6 Å². The van der Waals surface area contributed by atoms with E-state index in [2.05, 4.69) is 15.0 Å². The summed E-state index contributed by atoms with van der Waals surface area (Å²) < 4.78 is 1.75. The molecule has 0 aliphatic carbocycles. The Morgan fingerprint density at radius 2 is 2.15 bits per heavy atom. The fraction of sp³-hybridized carbons (Fsp3) is 0.333. The van der Waals surface area contributed by atoms with E-state index in [0.29, 0.717) is 27.5 Å². The number of hydrogen-bond donors (Lipinski definition) is 1. The topological polar surface area (TPSA) is 80.9 Å². The molecule has 2 aromatic rings. The number of hydrogen-bond acceptors (Lipinski definition) is 5. The van der Waals surface area contributed by atoms with Crippen LogP contribution < -0.4 is 0 Å². The minimum absolute atomic E-state index is 0.140. The quantitative estimate of drug-likeness (QED) is 0.690. The Hall–Kier alpha value is -1.60. The number of imidazole rings is 1. The van der Waals surface area contributed by atoms with E-state index in [1.165, 1.54) is 11.8 Å². The summed E-state index contributed by atoms with van der Waals surface area (Å²) in [7, 11) is 1.81. The van der Waals surface area contributed by atoms with Gasteiger partial charge in [0.1, 0.15) is 27.4 Å². The molecule has 2 heterocycles. The maximum Gasteiger partial charge on any atom is 0.340 e. The second-order valence-electron chi connectivity index (χ2n) is 4.19. The normalized spacial score (nSPS) is 10.8. The molecule has 8 heteroatoms. The van der Waals surface area contributed by atoms with Gasteiger partial charge in [0.2, 0.25) is 0 Å². The lowest BCUT2D eigenvalue weighted by Gasteiger charge is -2.08. The highest BCUT2D eigenvalue weighted by Gasteiger charge is 2.18. The number of aromatic carboxylic acids is 1. The highest BCUT2D eigenvalue weighted by molar-refractivity contribution is 7.98. The number of aromatic nitrogens is 4. The summed E-state index contributed by atoms with van der Waals surface area (Å²) in [5.41, 5.74) is 0.603. The van der Waals surface area contributed by atoms with Gasteiger partial charge in [-0.15, -0.1) is 0 Å². The van der Waals surface area contributed by atoms with Crippen LogP contribution in [0.15, 0.2) is 11.2 Å². The highest BCUT2D eigenvalue weighted by Crippen LogP contribution is 2.26. The lowest BCUT2D eigenvalue weighted by molar-refractivity contribution is 0.0690. The van der Waals surface area contributed by atoms with Crippen LogP contribution in [0.5, 0.6) is 0 Å². The van der Waals surface area contributed by atoms with Crippen molar-refractivity contribution in [3.05, 3.63) is 34.3 Å². The van der Waals surface area contributed by atoms with Crippen molar-refractivity contribution < 1.29 is 9.90 Å². The first-order chi connectivity index (χ1) is 9.40. The molecule has 0 saturated carbocycles. The number of carboxylic acid groups (broad SMARTS) is 1. The van der Waals surface area contributed by atoms with Gasteiger partial charge in [-0.05, 0) is 13.8 Å². The van der Waals surface area contributed by atoms with Gasteiger partial charge in [0.25, 0.3) is 0 Å². The lowest BCUT2D eigenvalue weighted by atomic mass is 10.2. The number of carboxylic acids is 1. The van der Waals surface area contributed by atoms with Crippen molar-refractivity contribution in [2.75, 3.05) is 0 Å². The molecule has 0 spiro atoms. The zero-order valence-corrected chi connectivity index (χ0v) is 12.8. The summed E-state index contributed by atoms with van der Waals surface area (Å²) in [5.74, 6) is 0.764. The third-order valence-electron chi connectivity index (χ3n) is 2.75. The first-order valence-electron chi connectivity index (χ1n) is 5.77. The van der Waals surface area contributed by atoms with E-state index in [9.17, 15) is 9.90 Å². The van der Waals surface area contributed by atoms with Gasteiger partial charge in [-0.2, -0.15) is 0 Å². The van der Waals surface area contributed by atoms with Crippen LogP contribution in [0.1, 0.15) is 27.7 Å². The molecule has 6 nitrogen and oxygen atoms in total. The Morgan fingerprint density at radius 3 is 2.70 bits per heavy atom. The predicted octanol–water partition coefficient (Wildman–Crippen LogP) is 2.47. The fourth-order valence-electron chi connectivity index (χ4n) is 1.72. The maximum atomic E-state index is 11.3. The number of rotatable bonds is 4. The molecule has 0 atom stereocenters. The molecule has 1 N–H and O–H groups in total. The summed E-state index contributed by atoms with van der Waals surface area (Å²) in [6, 6.07) is 0. The van der Waals surface area contributed by atoms with Crippen LogP contribution in [0, 0.1) is 13.8 Å². The zero-order chi connectivity index (χ0) is 14.9. The van der Waals surface area contributed by atoms with E-state index in [4.69, 9.17) is 11.6 Å². The first kappa shape index (κ1) is 14.8. The fourth-order valence-corrected chi connectivity index (χ4v) is 2.98. The largest absolute Gasteiger partial charge is 0.478 e. The van der Waals surface area contributed by atoms with E-state index >= 15 is 0 Å². The molecule has 0 fully saturated rings. The van der Waals surface area contributed by atoms with Crippen LogP contribution in [0.2, 0.25) is 5.15 Å². The van der Waals surface area contributed by atoms with Crippen LogP contribution in [0.25, 0.3) is 0 Å². The molecule has 0 amide bonds. The standard InChI is InChI=1S/C12H13ClN4O2S/c1-6-10(12(18)19)11(16-7(2)15-6)20-5-9-14-4-8(13)17(9)3/h4H,5H2,1-3H3,(H,18,19). The minimum Gasteiger partial charge on any atom is -0.478 e. The van der Waals surface area contributed by atoms with Crippen molar-refractivity contribution in [3.63, 3.8) is 0 Å². The van der Waals surface area contributed by atoms with E-state index in [-0.39, 0.29) is 5.56 Å². The molecule has 0 bridgehead atoms. The van der Waals surface area contributed by atoms with Gasteiger partial charge in [-0.25, -0.2) is 19.7 Å². The summed E-state index contributed by atoms with van der Waals surface area (Å²) >= 11 is 7.23. The number of carbonyl (C=O) groups is 1. The zero-order valence-electron chi connectivity index (χ0n) is 11.2. The van der Waals surface area contributed by atoms with Gasteiger partial charge in [0.15, 0.2) is 0 Å². The average Bonchev–Trinajstić information content (AvgIpc) is 2.66. The highest BCUT2D eigenvalue weighted by atomic mass is 35.5. The van der Waals surface area contributed by atoms with E-state index in [1.54, 1.807) is 31.7 Å². The second kappa shape index (κ2) is 5.80. The van der Waals surface area contributed by atoms with Crippen molar-refractivity contribution >= 4 is 29.3 Å². The molecule has 0 aromatic carbocycles. The van der Waals surface area contributed by atoms with Crippen molar-refractivity contribution in [3.8, 4) is 0 Å². The number of nitrogens with zero attached hydrogens (tertiary/aromatic N) is 4. The molecule has 0 saturated heterocycles. The summed E-state index contributed by atoms with van der Waals surface area (Å²) in [5, 5.41) is 10.2. The SMILES string of the molecule is Cc1nc(C)c(C(=O)O)c(SCc2ncc(Cl)n2C)n1. The lowest BCUT2D eigenvalue weighted by Crippen LogP contribution is -2.08. The molecule has 20 heavy (non-hydrogen) atoms. The second-order valence-corrected chi connectivity index (χ2v) is 5.54. The minimum atomic E-state index is -1.03.